The molecule has 0 spiro atoms. The maximum Gasteiger partial charge on any atom is 0.405 e. The van der Waals surface area contributed by atoms with Gasteiger partial charge >= 0.3 is 6.18 Å². The van der Waals surface area contributed by atoms with Gasteiger partial charge in [0, 0.05) is 11.6 Å². The Kier molecular flexibility index (Phi) is 5.87. The van der Waals surface area contributed by atoms with Crippen LogP contribution in [-0.2, 0) is 10.0 Å². The van der Waals surface area contributed by atoms with E-state index in [1.807, 2.05) is 0 Å². The van der Waals surface area contributed by atoms with E-state index in [0.717, 1.165) is 32.1 Å². The number of benzene rings is 1. The lowest BCUT2D eigenvalue weighted by Gasteiger charge is -2.22. The average Bonchev–Trinajstić information content (AvgIpc) is 2.52. The van der Waals surface area contributed by atoms with Crippen LogP contribution in [0.15, 0.2) is 29.2 Å². The molecule has 1 aliphatic carbocycles. The van der Waals surface area contributed by atoms with E-state index in [2.05, 4.69) is 4.72 Å². The van der Waals surface area contributed by atoms with Crippen molar-refractivity contribution in [3.8, 4) is 0 Å². The third-order valence-electron chi connectivity index (χ3n) is 3.80. The molecule has 1 fully saturated rings. The molecule has 134 valence electrons. The fourth-order valence-electron chi connectivity index (χ4n) is 2.58. The first-order valence-electron chi connectivity index (χ1n) is 7.65. The molecular weight excluding hydrogens is 345 g/mol. The quantitative estimate of drug-likeness (QED) is 0.843. The lowest BCUT2D eigenvalue weighted by molar-refractivity contribution is -0.123. The van der Waals surface area contributed by atoms with Gasteiger partial charge in [0.05, 0.1) is 4.90 Å². The molecule has 0 bridgehead atoms. The SMILES string of the molecule is O=C(NCC(F)(F)F)c1ccc(S(=O)(=O)NC2CCCCC2)cc1. The molecule has 2 N–H and O–H groups in total. The number of hydrogen-bond acceptors (Lipinski definition) is 3. The summed E-state index contributed by atoms with van der Waals surface area (Å²) in [4.78, 5) is 11.6. The minimum atomic E-state index is -4.50. The highest BCUT2D eigenvalue weighted by atomic mass is 32.2. The first-order chi connectivity index (χ1) is 11.2. The van der Waals surface area contributed by atoms with Crippen molar-refractivity contribution < 1.29 is 26.4 Å². The maximum absolute atomic E-state index is 12.3. The van der Waals surface area contributed by atoms with Crippen LogP contribution in [0.1, 0.15) is 42.5 Å². The maximum atomic E-state index is 12.3. The summed E-state index contributed by atoms with van der Waals surface area (Å²) in [6, 6.07) is 4.72. The third kappa shape index (κ3) is 5.48. The fraction of sp³-hybridized carbons (Fsp3) is 0.533. The summed E-state index contributed by atoms with van der Waals surface area (Å²) in [6.45, 7) is -1.44. The molecule has 0 unspecified atom stereocenters. The van der Waals surface area contributed by atoms with Gasteiger partial charge in [-0.15, -0.1) is 0 Å². The Morgan fingerprint density at radius 1 is 1.08 bits per heavy atom. The second-order valence-electron chi connectivity index (χ2n) is 5.78. The van der Waals surface area contributed by atoms with Crippen molar-refractivity contribution in [3.05, 3.63) is 29.8 Å². The van der Waals surface area contributed by atoms with Crippen LogP contribution in [0.2, 0.25) is 0 Å². The summed E-state index contributed by atoms with van der Waals surface area (Å²) < 4.78 is 63.4. The molecule has 0 radical (unpaired) electrons. The minimum Gasteiger partial charge on any atom is -0.343 e. The average molecular weight is 364 g/mol. The van der Waals surface area contributed by atoms with Crippen LogP contribution >= 0.6 is 0 Å². The molecule has 5 nitrogen and oxygen atoms in total. The van der Waals surface area contributed by atoms with Gasteiger partial charge in [0.1, 0.15) is 6.54 Å². The highest BCUT2D eigenvalue weighted by molar-refractivity contribution is 7.89. The predicted octanol–water partition coefficient (Wildman–Crippen LogP) is 2.59. The van der Waals surface area contributed by atoms with Crippen molar-refractivity contribution in [3.63, 3.8) is 0 Å². The van der Waals surface area contributed by atoms with Crippen molar-refractivity contribution in [1.29, 1.82) is 0 Å². The first kappa shape index (κ1) is 18.7. The number of nitrogens with one attached hydrogen (secondary N) is 2. The van der Waals surface area contributed by atoms with Crippen LogP contribution in [-0.4, -0.2) is 33.1 Å². The van der Waals surface area contributed by atoms with Gasteiger partial charge in [-0.2, -0.15) is 13.2 Å². The monoisotopic (exact) mass is 364 g/mol. The van der Waals surface area contributed by atoms with Crippen molar-refractivity contribution in [1.82, 2.24) is 10.0 Å². The molecule has 0 aliphatic heterocycles. The number of halogens is 3. The Hall–Kier alpha value is -1.61. The largest absolute Gasteiger partial charge is 0.405 e. The Morgan fingerprint density at radius 2 is 1.67 bits per heavy atom. The predicted molar refractivity (Wildman–Crippen MR) is 82.0 cm³/mol. The van der Waals surface area contributed by atoms with Gasteiger partial charge in [-0.3, -0.25) is 4.79 Å². The van der Waals surface area contributed by atoms with Gasteiger partial charge in [0.2, 0.25) is 10.0 Å². The van der Waals surface area contributed by atoms with Crippen molar-refractivity contribution in [2.45, 2.75) is 49.2 Å². The zero-order valence-corrected chi connectivity index (χ0v) is 13.7. The zero-order valence-electron chi connectivity index (χ0n) is 12.9. The van der Waals surface area contributed by atoms with Crippen LogP contribution in [0.3, 0.4) is 0 Å². The van der Waals surface area contributed by atoms with E-state index in [0.29, 0.717) is 0 Å². The molecule has 0 heterocycles. The number of alkyl halides is 3. The molecular formula is C15H19F3N2O3S. The summed E-state index contributed by atoms with van der Waals surface area (Å²) in [5.74, 6) is -0.906. The summed E-state index contributed by atoms with van der Waals surface area (Å²) >= 11 is 0. The van der Waals surface area contributed by atoms with Gasteiger partial charge in [-0.05, 0) is 37.1 Å². The fourth-order valence-corrected chi connectivity index (χ4v) is 3.88. The highest BCUT2D eigenvalue weighted by Crippen LogP contribution is 2.20. The van der Waals surface area contributed by atoms with Gasteiger partial charge in [0.15, 0.2) is 0 Å². The Balaban J connectivity index is 2.01. The Bertz CT molecular complexity index is 666. The molecule has 1 aliphatic rings. The van der Waals surface area contributed by atoms with Gasteiger partial charge in [0.25, 0.3) is 5.91 Å². The molecule has 2 rings (SSSR count). The van der Waals surface area contributed by atoms with Crippen molar-refractivity contribution in [2.75, 3.05) is 6.54 Å². The number of rotatable bonds is 5. The Morgan fingerprint density at radius 3 is 2.21 bits per heavy atom. The molecule has 1 aromatic rings. The number of amides is 1. The zero-order chi connectivity index (χ0) is 17.8. The van der Waals surface area contributed by atoms with Gasteiger partial charge in [-0.1, -0.05) is 19.3 Å². The van der Waals surface area contributed by atoms with Gasteiger partial charge < -0.3 is 5.32 Å². The number of carbonyl (C=O) groups excluding carboxylic acids is 1. The van der Waals surface area contributed by atoms with Crippen LogP contribution < -0.4 is 10.0 Å². The summed E-state index contributed by atoms with van der Waals surface area (Å²) in [6.07, 6.45) is 0.133. The second kappa shape index (κ2) is 7.52. The van der Waals surface area contributed by atoms with E-state index in [9.17, 15) is 26.4 Å². The smallest absolute Gasteiger partial charge is 0.343 e. The van der Waals surface area contributed by atoms with E-state index in [-0.39, 0.29) is 16.5 Å². The van der Waals surface area contributed by atoms with E-state index >= 15 is 0 Å². The van der Waals surface area contributed by atoms with E-state index < -0.39 is 28.7 Å². The molecule has 1 aromatic carbocycles. The third-order valence-corrected chi connectivity index (χ3v) is 5.34. The van der Waals surface area contributed by atoms with Crippen LogP contribution in [0.4, 0.5) is 13.2 Å². The standard InChI is InChI=1S/C15H19F3N2O3S/c16-15(17,18)10-19-14(21)11-6-8-13(9-7-11)24(22,23)20-12-4-2-1-3-5-12/h6-9,12,20H,1-5,10H2,(H,19,21). The second-order valence-corrected chi connectivity index (χ2v) is 7.49. The van der Waals surface area contributed by atoms with Crippen LogP contribution in [0, 0.1) is 0 Å². The molecule has 1 saturated carbocycles. The number of hydrogen-bond donors (Lipinski definition) is 2. The van der Waals surface area contributed by atoms with Gasteiger partial charge in [-0.25, -0.2) is 13.1 Å². The summed E-state index contributed by atoms with van der Waals surface area (Å²) in [5, 5.41) is 1.73. The molecule has 0 saturated heterocycles. The molecule has 0 atom stereocenters. The minimum absolute atomic E-state index is 0.0135. The number of sulfonamides is 1. The molecule has 0 aromatic heterocycles. The normalized spacial score (nSPS) is 16.8. The van der Waals surface area contributed by atoms with Crippen LogP contribution in [0.25, 0.3) is 0 Å². The molecule has 1 amide bonds. The summed E-state index contributed by atoms with van der Waals surface area (Å²) in [5.41, 5.74) is -0.0316. The summed E-state index contributed by atoms with van der Waals surface area (Å²) in [7, 11) is -3.70. The lowest BCUT2D eigenvalue weighted by Crippen LogP contribution is -2.36. The Labute approximate surface area is 138 Å². The van der Waals surface area contributed by atoms with E-state index in [4.69, 9.17) is 0 Å². The van der Waals surface area contributed by atoms with Crippen molar-refractivity contribution >= 4 is 15.9 Å². The highest BCUT2D eigenvalue weighted by Gasteiger charge is 2.28. The van der Waals surface area contributed by atoms with E-state index in [1.165, 1.54) is 24.3 Å². The molecule has 24 heavy (non-hydrogen) atoms. The van der Waals surface area contributed by atoms with E-state index in [1.54, 1.807) is 5.32 Å². The van der Waals surface area contributed by atoms with Crippen LogP contribution in [0.5, 0.6) is 0 Å². The number of carbonyl (C=O) groups is 1. The lowest BCUT2D eigenvalue weighted by atomic mass is 9.96. The topological polar surface area (TPSA) is 75.3 Å². The molecule has 9 heteroatoms. The van der Waals surface area contributed by atoms with Crippen molar-refractivity contribution in [2.24, 2.45) is 0 Å². The first-order valence-corrected chi connectivity index (χ1v) is 9.13.